The van der Waals surface area contributed by atoms with Crippen molar-refractivity contribution in [3.63, 3.8) is 0 Å². The molecule has 0 spiro atoms. The Kier molecular flexibility index (Phi) is 9.95. The molecule has 0 radical (unpaired) electrons. The summed E-state index contributed by atoms with van der Waals surface area (Å²) >= 11 is 0. The number of nitrogens with zero attached hydrogens (tertiary/aromatic N) is 3. The summed E-state index contributed by atoms with van der Waals surface area (Å²) in [4.78, 5) is 60.9. The second kappa shape index (κ2) is 12.1. The molecular formula is C17H22N4O10. The van der Waals surface area contributed by atoms with Crippen molar-refractivity contribution in [1.82, 2.24) is 5.32 Å². The quantitative estimate of drug-likeness (QED) is 0.123. The van der Waals surface area contributed by atoms with Gasteiger partial charge in [-0.3, -0.25) is 19.2 Å². The number of ether oxygens (including phenoxy) is 5. The number of rotatable bonds is 9. The van der Waals surface area contributed by atoms with Gasteiger partial charge in [0.25, 0.3) is 0 Å². The van der Waals surface area contributed by atoms with E-state index in [0.717, 1.165) is 26.8 Å². The highest BCUT2D eigenvalue weighted by Crippen LogP contribution is 2.28. The fraction of sp³-hybridized carbons (Fsp3) is 0.588. The largest absolute Gasteiger partial charge is 0.463 e. The first-order valence-corrected chi connectivity index (χ1v) is 8.85. The van der Waals surface area contributed by atoms with E-state index in [2.05, 4.69) is 21.9 Å². The molecule has 14 heteroatoms. The molecule has 0 aliphatic carbocycles. The molecule has 0 bridgehead atoms. The van der Waals surface area contributed by atoms with Gasteiger partial charge in [-0.2, -0.15) is 0 Å². The maximum Gasteiger partial charge on any atom is 0.332 e. The van der Waals surface area contributed by atoms with Crippen LogP contribution in [-0.4, -0.2) is 73.6 Å². The zero-order valence-electron chi connectivity index (χ0n) is 17.0. The molecular weight excluding hydrogens is 420 g/mol. The molecule has 1 heterocycles. The standard InChI is InChI=1S/C17H22N4O10/c1-5-13(26)31-17-14(20-12(25)6-19-21-18)16(29-10(4)24)15(28-9(3)23)11(30-17)7-27-8(2)22/h5,11,14-17H,1,6-7H2,2-4H3,(H,20,25)/t11?,14?,15-,16?,17+/m1/s1. The molecule has 1 saturated heterocycles. The van der Waals surface area contributed by atoms with Crippen LogP contribution in [0, 0.1) is 0 Å². The molecule has 31 heavy (non-hydrogen) atoms. The minimum absolute atomic E-state index is 0.452. The Morgan fingerprint density at radius 2 is 1.68 bits per heavy atom. The minimum atomic E-state index is -1.57. The first-order valence-electron chi connectivity index (χ1n) is 8.85. The Hall–Kier alpha value is -3.64. The van der Waals surface area contributed by atoms with Gasteiger partial charge in [0.1, 0.15) is 25.3 Å². The summed E-state index contributed by atoms with van der Waals surface area (Å²) in [6.45, 7) is 5.44. The third kappa shape index (κ3) is 8.32. The predicted octanol–water partition coefficient (Wildman–Crippen LogP) is -0.338. The number of hydrogen-bond donors (Lipinski definition) is 1. The summed E-state index contributed by atoms with van der Waals surface area (Å²) in [6, 6.07) is -1.38. The van der Waals surface area contributed by atoms with Crippen molar-refractivity contribution in [2.75, 3.05) is 13.2 Å². The van der Waals surface area contributed by atoms with E-state index in [1.54, 1.807) is 0 Å². The van der Waals surface area contributed by atoms with Gasteiger partial charge in [0, 0.05) is 31.8 Å². The van der Waals surface area contributed by atoms with Gasteiger partial charge >= 0.3 is 23.9 Å². The lowest BCUT2D eigenvalue weighted by atomic mass is 9.96. The van der Waals surface area contributed by atoms with Gasteiger partial charge in [-0.25, -0.2) is 4.79 Å². The molecule has 170 valence electrons. The zero-order valence-corrected chi connectivity index (χ0v) is 17.0. The number of esters is 4. The molecule has 0 aromatic heterocycles. The molecule has 0 saturated carbocycles. The van der Waals surface area contributed by atoms with Crippen LogP contribution in [0.1, 0.15) is 20.8 Å². The van der Waals surface area contributed by atoms with Crippen molar-refractivity contribution >= 4 is 29.8 Å². The molecule has 1 rings (SSSR count). The predicted molar refractivity (Wildman–Crippen MR) is 98.6 cm³/mol. The van der Waals surface area contributed by atoms with E-state index >= 15 is 0 Å². The van der Waals surface area contributed by atoms with Crippen molar-refractivity contribution in [2.24, 2.45) is 5.11 Å². The number of azide groups is 1. The van der Waals surface area contributed by atoms with Crippen LogP contribution in [0.25, 0.3) is 10.4 Å². The molecule has 1 fully saturated rings. The highest BCUT2D eigenvalue weighted by Gasteiger charge is 2.52. The number of carbonyl (C=O) groups excluding carboxylic acids is 5. The van der Waals surface area contributed by atoms with Crippen LogP contribution >= 0.6 is 0 Å². The van der Waals surface area contributed by atoms with Gasteiger partial charge < -0.3 is 29.0 Å². The normalized spacial score (nSPS) is 24.5. The number of nitrogens with one attached hydrogen (secondary N) is 1. The summed E-state index contributed by atoms with van der Waals surface area (Å²) in [6.07, 6.45) is -4.76. The Morgan fingerprint density at radius 1 is 1.06 bits per heavy atom. The Labute approximate surface area is 176 Å². The average molecular weight is 442 g/mol. The topological polar surface area (TPSA) is 192 Å². The highest BCUT2D eigenvalue weighted by molar-refractivity contribution is 5.81. The van der Waals surface area contributed by atoms with E-state index in [4.69, 9.17) is 29.2 Å². The van der Waals surface area contributed by atoms with E-state index in [-0.39, 0.29) is 0 Å². The lowest BCUT2D eigenvalue weighted by molar-refractivity contribution is -0.270. The van der Waals surface area contributed by atoms with Gasteiger partial charge in [0.05, 0.1) is 0 Å². The van der Waals surface area contributed by atoms with Gasteiger partial charge in [-0.1, -0.05) is 11.7 Å². The molecule has 0 aromatic rings. The van der Waals surface area contributed by atoms with E-state index in [1.165, 1.54) is 0 Å². The molecule has 1 aliphatic heterocycles. The number of carbonyl (C=O) groups is 5. The third-order valence-corrected chi connectivity index (χ3v) is 3.71. The van der Waals surface area contributed by atoms with Crippen LogP contribution < -0.4 is 5.32 Å². The fourth-order valence-electron chi connectivity index (χ4n) is 2.65. The monoisotopic (exact) mass is 442 g/mol. The van der Waals surface area contributed by atoms with E-state index in [0.29, 0.717) is 0 Å². The van der Waals surface area contributed by atoms with Crippen LogP contribution in [-0.2, 0) is 47.7 Å². The van der Waals surface area contributed by atoms with Crippen molar-refractivity contribution in [3.05, 3.63) is 23.1 Å². The van der Waals surface area contributed by atoms with Gasteiger partial charge in [0.2, 0.25) is 12.2 Å². The lowest BCUT2D eigenvalue weighted by Crippen LogP contribution is -2.67. The molecule has 3 unspecified atom stereocenters. The minimum Gasteiger partial charge on any atom is -0.463 e. The lowest BCUT2D eigenvalue weighted by Gasteiger charge is -2.44. The van der Waals surface area contributed by atoms with Crippen LogP contribution in [0.5, 0.6) is 0 Å². The third-order valence-electron chi connectivity index (χ3n) is 3.71. The number of hydrogen-bond acceptors (Lipinski definition) is 11. The first kappa shape index (κ1) is 25.4. The van der Waals surface area contributed by atoms with Gasteiger partial charge in [0.15, 0.2) is 12.2 Å². The van der Waals surface area contributed by atoms with E-state index in [9.17, 15) is 24.0 Å². The Balaban J connectivity index is 3.37. The summed E-state index contributed by atoms with van der Waals surface area (Å²) < 4.78 is 26.0. The molecule has 1 N–H and O–H groups in total. The van der Waals surface area contributed by atoms with Crippen LogP contribution in [0.4, 0.5) is 0 Å². The van der Waals surface area contributed by atoms with Gasteiger partial charge in [-0.05, 0) is 5.53 Å². The second-order valence-electron chi connectivity index (χ2n) is 6.12. The average Bonchev–Trinajstić information content (AvgIpc) is 2.68. The first-order chi connectivity index (χ1) is 14.6. The maximum atomic E-state index is 12.1. The van der Waals surface area contributed by atoms with E-state index in [1.807, 2.05) is 0 Å². The molecule has 14 nitrogen and oxygen atoms in total. The SMILES string of the molecule is C=CC(=O)O[C@@H]1OC(COC(C)=O)[C@@H](OC(C)=O)C(OC(C)=O)C1NC(=O)CN=[N+]=[N-]. The molecule has 0 aromatic carbocycles. The summed E-state index contributed by atoms with van der Waals surface area (Å²) in [7, 11) is 0. The Morgan fingerprint density at radius 3 is 2.19 bits per heavy atom. The zero-order chi connectivity index (χ0) is 23.6. The van der Waals surface area contributed by atoms with Crippen molar-refractivity contribution in [1.29, 1.82) is 0 Å². The molecule has 5 atom stereocenters. The van der Waals surface area contributed by atoms with E-state index < -0.39 is 73.6 Å². The molecule has 1 aliphatic rings. The maximum absolute atomic E-state index is 12.1. The van der Waals surface area contributed by atoms with Crippen LogP contribution in [0.3, 0.4) is 0 Å². The fourth-order valence-corrected chi connectivity index (χ4v) is 2.65. The smallest absolute Gasteiger partial charge is 0.332 e. The summed E-state index contributed by atoms with van der Waals surface area (Å²) in [5.41, 5.74) is 8.38. The second-order valence-corrected chi connectivity index (χ2v) is 6.12. The van der Waals surface area contributed by atoms with Crippen LogP contribution in [0.15, 0.2) is 17.8 Å². The Bertz CT molecular complexity index is 779. The molecule has 1 amide bonds. The van der Waals surface area contributed by atoms with Crippen molar-refractivity contribution in [3.8, 4) is 0 Å². The number of amides is 1. The van der Waals surface area contributed by atoms with Gasteiger partial charge in [-0.15, -0.1) is 0 Å². The van der Waals surface area contributed by atoms with Crippen LogP contribution in [0.2, 0.25) is 0 Å². The van der Waals surface area contributed by atoms with Crippen molar-refractivity contribution in [2.45, 2.75) is 51.4 Å². The highest BCUT2D eigenvalue weighted by atomic mass is 16.7. The summed E-state index contributed by atoms with van der Waals surface area (Å²) in [5, 5.41) is 5.47. The summed E-state index contributed by atoms with van der Waals surface area (Å²) in [5.74, 6) is -4.07. The van der Waals surface area contributed by atoms with Crippen molar-refractivity contribution < 1.29 is 47.7 Å².